The fourth-order valence-electron chi connectivity index (χ4n) is 2.77. The van der Waals surface area contributed by atoms with Crippen LogP contribution in [0.4, 0.5) is 11.4 Å². The summed E-state index contributed by atoms with van der Waals surface area (Å²) in [6, 6.07) is 16.9. The van der Waals surface area contributed by atoms with Crippen LogP contribution in [-0.2, 0) is 4.79 Å². The molecule has 134 valence electrons. The van der Waals surface area contributed by atoms with Gasteiger partial charge in [-0.1, -0.05) is 36.4 Å². The number of carbonyl (C=O) groups is 2. The summed E-state index contributed by atoms with van der Waals surface area (Å²) in [4.78, 5) is 29.3. The molecule has 0 spiro atoms. The second-order valence-electron chi connectivity index (χ2n) is 5.98. The minimum absolute atomic E-state index is 0.162. The van der Waals surface area contributed by atoms with Gasteiger partial charge in [-0.05, 0) is 18.2 Å². The van der Waals surface area contributed by atoms with Crippen molar-refractivity contribution >= 4 is 39.5 Å². The van der Waals surface area contributed by atoms with Crippen LogP contribution in [0.15, 0.2) is 66.2 Å². The number of nitrogens with one attached hydrogen (secondary N) is 2. The molecule has 6 nitrogen and oxygen atoms in total. The molecule has 4 rings (SSSR count). The molecule has 0 aliphatic carbocycles. The van der Waals surface area contributed by atoms with Crippen molar-refractivity contribution in [3.05, 3.63) is 71.9 Å². The molecular formula is C20H16N4O2S. The summed E-state index contributed by atoms with van der Waals surface area (Å²) in [6.07, 6.45) is 1.86. The van der Waals surface area contributed by atoms with Crippen molar-refractivity contribution in [2.75, 3.05) is 10.6 Å². The molecule has 0 saturated carbocycles. The van der Waals surface area contributed by atoms with Gasteiger partial charge in [0.2, 0.25) is 5.91 Å². The summed E-state index contributed by atoms with van der Waals surface area (Å²) in [5.74, 6) is -0.400. The fourth-order valence-corrected chi connectivity index (χ4v) is 3.62. The second kappa shape index (κ2) is 7.05. The van der Waals surface area contributed by atoms with E-state index in [0.29, 0.717) is 17.1 Å². The predicted octanol–water partition coefficient (Wildman–Crippen LogP) is 4.27. The van der Waals surface area contributed by atoms with E-state index < -0.39 is 0 Å². The van der Waals surface area contributed by atoms with E-state index in [2.05, 4.69) is 15.6 Å². The van der Waals surface area contributed by atoms with Crippen LogP contribution in [0.2, 0.25) is 0 Å². The van der Waals surface area contributed by atoms with Gasteiger partial charge in [0.15, 0.2) is 4.96 Å². The van der Waals surface area contributed by atoms with E-state index in [1.807, 2.05) is 36.5 Å². The topological polar surface area (TPSA) is 75.5 Å². The minimum atomic E-state index is -0.238. The fraction of sp³-hybridized carbons (Fsp3) is 0.0500. The SMILES string of the molecule is CC(=O)Nc1cccc(NC(=O)c2csc3nc(-c4ccccc4)cn23)c1. The summed E-state index contributed by atoms with van der Waals surface area (Å²) < 4.78 is 1.79. The zero-order chi connectivity index (χ0) is 18.8. The molecule has 2 N–H and O–H groups in total. The van der Waals surface area contributed by atoms with Crippen LogP contribution >= 0.6 is 11.3 Å². The quantitative estimate of drug-likeness (QED) is 0.558. The van der Waals surface area contributed by atoms with Crippen LogP contribution < -0.4 is 10.6 Å². The van der Waals surface area contributed by atoms with E-state index in [-0.39, 0.29) is 11.8 Å². The predicted molar refractivity (Wildman–Crippen MR) is 107 cm³/mol. The highest BCUT2D eigenvalue weighted by Gasteiger charge is 2.15. The highest BCUT2D eigenvalue weighted by molar-refractivity contribution is 7.15. The van der Waals surface area contributed by atoms with Crippen LogP contribution in [0.3, 0.4) is 0 Å². The summed E-state index contributed by atoms with van der Waals surface area (Å²) in [5.41, 5.74) is 3.57. The molecule has 0 bridgehead atoms. The maximum absolute atomic E-state index is 12.7. The largest absolute Gasteiger partial charge is 0.326 e. The molecule has 0 saturated heterocycles. The smallest absolute Gasteiger partial charge is 0.273 e. The number of rotatable bonds is 4. The maximum Gasteiger partial charge on any atom is 0.273 e. The highest BCUT2D eigenvalue weighted by Crippen LogP contribution is 2.24. The molecule has 2 amide bonds. The normalized spacial score (nSPS) is 10.7. The molecule has 2 aromatic heterocycles. The second-order valence-corrected chi connectivity index (χ2v) is 6.82. The Kier molecular flexibility index (Phi) is 4.43. The van der Waals surface area contributed by atoms with Crippen molar-refractivity contribution in [2.24, 2.45) is 0 Å². The zero-order valence-electron chi connectivity index (χ0n) is 14.5. The molecule has 2 aromatic carbocycles. The van der Waals surface area contributed by atoms with Crippen LogP contribution in [0.25, 0.3) is 16.2 Å². The summed E-state index contributed by atoms with van der Waals surface area (Å²) in [7, 11) is 0. The van der Waals surface area contributed by atoms with E-state index in [9.17, 15) is 9.59 Å². The third-order valence-corrected chi connectivity index (χ3v) is 4.79. The number of fused-ring (bicyclic) bond motifs is 1. The lowest BCUT2D eigenvalue weighted by molar-refractivity contribution is -0.114. The van der Waals surface area contributed by atoms with Gasteiger partial charge in [-0.25, -0.2) is 4.98 Å². The van der Waals surface area contributed by atoms with Crippen LogP contribution in [0, 0.1) is 0 Å². The Balaban J connectivity index is 1.60. The number of amides is 2. The van der Waals surface area contributed by atoms with Gasteiger partial charge in [0, 0.05) is 35.4 Å². The van der Waals surface area contributed by atoms with E-state index in [0.717, 1.165) is 16.2 Å². The number of nitrogens with zero attached hydrogens (tertiary/aromatic N) is 2. The van der Waals surface area contributed by atoms with E-state index in [1.54, 1.807) is 34.0 Å². The van der Waals surface area contributed by atoms with E-state index in [4.69, 9.17) is 0 Å². The lowest BCUT2D eigenvalue weighted by atomic mass is 10.2. The van der Waals surface area contributed by atoms with Crippen molar-refractivity contribution < 1.29 is 9.59 Å². The standard InChI is InChI=1S/C20H16N4O2S/c1-13(25)21-15-8-5-9-16(10-15)22-19(26)18-12-27-20-23-17(11-24(18)20)14-6-3-2-4-7-14/h2-12H,1H3,(H,21,25)(H,22,26). The average Bonchev–Trinajstić information content (AvgIpc) is 3.22. The van der Waals surface area contributed by atoms with Crippen LogP contribution in [-0.4, -0.2) is 21.2 Å². The molecule has 0 atom stereocenters. The number of aromatic nitrogens is 2. The Labute approximate surface area is 159 Å². The van der Waals surface area contributed by atoms with Crippen molar-refractivity contribution in [3.8, 4) is 11.3 Å². The van der Waals surface area contributed by atoms with E-state index >= 15 is 0 Å². The summed E-state index contributed by atoms with van der Waals surface area (Å²) in [6.45, 7) is 1.44. The first-order chi connectivity index (χ1) is 13.1. The van der Waals surface area contributed by atoms with E-state index in [1.165, 1.54) is 18.3 Å². The van der Waals surface area contributed by atoms with Gasteiger partial charge >= 0.3 is 0 Å². The molecular weight excluding hydrogens is 360 g/mol. The highest BCUT2D eigenvalue weighted by atomic mass is 32.1. The van der Waals surface area contributed by atoms with Gasteiger partial charge in [0.25, 0.3) is 5.91 Å². The van der Waals surface area contributed by atoms with Gasteiger partial charge < -0.3 is 10.6 Å². The first kappa shape index (κ1) is 17.0. The lowest BCUT2D eigenvalue weighted by Crippen LogP contribution is -2.14. The molecule has 7 heteroatoms. The molecule has 0 unspecified atom stereocenters. The monoisotopic (exact) mass is 376 g/mol. The zero-order valence-corrected chi connectivity index (χ0v) is 15.3. The molecule has 2 heterocycles. The average molecular weight is 376 g/mol. The third kappa shape index (κ3) is 3.58. The number of thiazole rings is 1. The summed E-state index contributed by atoms with van der Waals surface area (Å²) in [5, 5.41) is 7.35. The van der Waals surface area contributed by atoms with Gasteiger partial charge in [0.1, 0.15) is 5.69 Å². The molecule has 0 aliphatic heterocycles. The Morgan fingerprint density at radius 3 is 2.48 bits per heavy atom. The minimum Gasteiger partial charge on any atom is -0.326 e. The van der Waals surface area contributed by atoms with Crippen molar-refractivity contribution in [3.63, 3.8) is 0 Å². The Hall–Kier alpha value is -3.45. The van der Waals surface area contributed by atoms with Gasteiger partial charge in [-0.3, -0.25) is 14.0 Å². The molecule has 0 radical (unpaired) electrons. The Morgan fingerprint density at radius 2 is 1.74 bits per heavy atom. The number of imidazole rings is 1. The van der Waals surface area contributed by atoms with Gasteiger partial charge in [-0.2, -0.15) is 0 Å². The number of hydrogen-bond acceptors (Lipinski definition) is 4. The third-order valence-electron chi connectivity index (χ3n) is 3.95. The number of benzene rings is 2. The van der Waals surface area contributed by atoms with Crippen molar-refractivity contribution in [1.82, 2.24) is 9.38 Å². The molecule has 27 heavy (non-hydrogen) atoms. The van der Waals surface area contributed by atoms with Crippen molar-refractivity contribution in [1.29, 1.82) is 0 Å². The number of anilines is 2. The maximum atomic E-state index is 12.7. The van der Waals surface area contributed by atoms with Gasteiger partial charge in [-0.15, -0.1) is 11.3 Å². The Bertz CT molecular complexity index is 1130. The van der Waals surface area contributed by atoms with Crippen molar-refractivity contribution in [2.45, 2.75) is 6.92 Å². The first-order valence-electron chi connectivity index (χ1n) is 8.31. The molecule has 0 fully saturated rings. The first-order valence-corrected chi connectivity index (χ1v) is 9.19. The summed E-state index contributed by atoms with van der Waals surface area (Å²) >= 11 is 1.41. The lowest BCUT2D eigenvalue weighted by Gasteiger charge is -2.07. The van der Waals surface area contributed by atoms with Gasteiger partial charge in [0.05, 0.1) is 5.69 Å². The van der Waals surface area contributed by atoms with Crippen LogP contribution in [0.5, 0.6) is 0 Å². The molecule has 0 aliphatic rings. The number of carbonyl (C=O) groups excluding carboxylic acids is 2. The Morgan fingerprint density at radius 1 is 1.00 bits per heavy atom. The molecule has 4 aromatic rings. The van der Waals surface area contributed by atoms with Crippen LogP contribution in [0.1, 0.15) is 17.4 Å². The number of hydrogen-bond donors (Lipinski definition) is 2.